The van der Waals surface area contributed by atoms with Gasteiger partial charge in [-0.2, -0.15) is 0 Å². The van der Waals surface area contributed by atoms with Crippen LogP contribution in [-0.2, 0) is 9.53 Å². The highest BCUT2D eigenvalue weighted by atomic mass is 16.5. The molecule has 88 valence electrons. The van der Waals surface area contributed by atoms with Crippen molar-refractivity contribution < 1.29 is 9.53 Å². The maximum Gasteiger partial charge on any atom is 0.218 e. The molecule has 0 bridgehead atoms. The van der Waals surface area contributed by atoms with E-state index >= 15 is 0 Å². The number of hydrogen-bond donors (Lipinski definition) is 2. The highest BCUT2D eigenvalue weighted by Gasteiger charge is 2.24. The standard InChI is InChI=1S/C11H22N2O2/c1-8(2)10-7-9(4-6-15-10)13-5-3-11(12)14/h8-10,13H,3-7H2,1-2H3,(H2,12,14). The fourth-order valence-electron chi connectivity index (χ4n) is 1.88. The van der Waals surface area contributed by atoms with E-state index in [-0.39, 0.29) is 5.91 Å². The average Bonchev–Trinajstić information content (AvgIpc) is 2.17. The SMILES string of the molecule is CC(C)C1CC(NCCC(N)=O)CCO1. The van der Waals surface area contributed by atoms with Crippen molar-refractivity contribution in [1.82, 2.24) is 5.32 Å². The maximum absolute atomic E-state index is 10.6. The third-order valence-corrected chi connectivity index (χ3v) is 2.86. The predicted molar refractivity (Wildman–Crippen MR) is 59.4 cm³/mol. The van der Waals surface area contributed by atoms with E-state index in [1.165, 1.54) is 0 Å². The van der Waals surface area contributed by atoms with Gasteiger partial charge in [0, 0.05) is 25.6 Å². The van der Waals surface area contributed by atoms with Gasteiger partial charge in [0.2, 0.25) is 5.91 Å². The van der Waals surface area contributed by atoms with Crippen molar-refractivity contribution >= 4 is 5.91 Å². The Labute approximate surface area is 91.5 Å². The van der Waals surface area contributed by atoms with E-state index in [1.54, 1.807) is 0 Å². The number of nitrogens with two attached hydrogens (primary N) is 1. The second kappa shape index (κ2) is 6.08. The first-order valence-corrected chi connectivity index (χ1v) is 5.73. The molecular weight excluding hydrogens is 192 g/mol. The molecule has 4 heteroatoms. The Balaban J connectivity index is 2.21. The van der Waals surface area contributed by atoms with E-state index in [2.05, 4.69) is 19.2 Å². The predicted octanol–water partition coefficient (Wildman–Crippen LogP) is 0.655. The molecule has 4 nitrogen and oxygen atoms in total. The van der Waals surface area contributed by atoms with Gasteiger partial charge in [-0.25, -0.2) is 0 Å². The zero-order valence-electron chi connectivity index (χ0n) is 9.66. The average molecular weight is 214 g/mol. The highest BCUT2D eigenvalue weighted by molar-refractivity contribution is 5.73. The van der Waals surface area contributed by atoms with Gasteiger partial charge in [-0.1, -0.05) is 13.8 Å². The topological polar surface area (TPSA) is 64.3 Å². The summed E-state index contributed by atoms with van der Waals surface area (Å²) in [5, 5.41) is 3.36. The molecule has 1 rings (SSSR count). The molecule has 2 unspecified atom stereocenters. The molecule has 0 spiro atoms. The van der Waals surface area contributed by atoms with Crippen LogP contribution in [0, 0.1) is 5.92 Å². The van der Waals surface area contributed by atoms with Crippen LogP contribution < -0.4 is 11.1 Å². The summed E-state index contributed by atoms with van der Waals surface area (Å²) in [6.45, 7) is 5.86. The summed E-state index contributed by atoms with van der Waals surface area (Å²) < 4.78 is 5.67. The minimum absolute atomic E-state index is 0.241. The van der Waals surface area contributed by atoms with E-state index in [9.17, 15) is 4.79 Å². The minimum atomic E-state index is -0.241. The molecule has 1 saturated heterocycles. The molecule has 1 heterocycles. The summed E-state index contributed by atoms with van der Waals surface area (Å²) in [5.41, 5.74) is 5.08. The van der Waals surface area contributed by atoms with E-state index in [1.807, 2.05) is 0 Å². The Morgan fingerprint density at radius 3 is 2.93 bits per heavy atom. The molecule has 0 saturated carbocycles. The Morgan fingerprint density at radius 1 is 1.60 bits per heavy atom. The van der Waals surface area contributed by atoms with Gasteiger partial charge in [0.25, 0.3) is 0 Å². The number of rotatable bonds is 5. The normalized spacial score (nSPS) is 26.9. The van der Waals surface area contributed by atoms with E-state index < -0.39 is 0 Å². The lowest BCUT2D eigenvalue weighted by Gasteiger charge is -2.32. The zero-order chi connectivity index (χ0) is 11.3. The van der Waals surface area contributed by atoms with Crippen LogP contribution in [0.5, 0.6) is 0 Å². The van der Waals surface area contributed by atoms with E-state index in [0.29, 0.717) is 31.0 Å². The molecule has 2 atom stereocenters. The van der Waals surface area contributed by atoms with Crippen LogP contribution in [-0.4, -0.2) is 31.2 Å². The van der Waals surface area contributed by atoms with Crippen molar-refractivity contribution in [2.75, 3.05) is 13.2 Å². The van der Waals surface area contributed by atoms with Gasteiger partial charge in [0.05, 0.1) is 6.10 Å². The lowest BCUT2D eigenvalue weighted by molar-refractivity contribution is -0.118. The monoisotopic (exact) mass is 214 g/mol. The Bertz CT molecular complexity index is 207. The van der Waals surface area contributed by atoms with Crippen molar-refractivity contribution in [3.8, 4) is 0 Å². The minimum Gasteiger partial charge on any atom is -0.378 e. The van der Waals surface area contributed by atoms with Crippen LogP contribution in [0.1, 0.15) is 33.1 Å². The Morgan fingerprint density at radius 2 is 2.33 bits per heavy atom. The zero-order valence-corrected chi connectivity index (χ0v) is 9.66. The smallest absolute Gasteiger partial charge is 0.218 e. The number of carbonyl (C=O) groups excluding carboxylic acids is 1. The molecule has 1 fully saturated rings. The number of carbonyl (C=O) groups is 1. The molecule has 1 aliphatic heterocycles. The summed E-state index contributed by atoms with van der Waals surface area (Å²) in [4.78, 5) is 10.6. The summed E-state index contributed by atoms with van der Waals surface area (Å²) in [6.07, 6.45) is 2.84. The number of hydrogen-bond acceptors (Lipinski definition) is 3. The van der Waals surface area contributed by atoms with Crippen LogP contribution in [0.15, 0.2) is 0 Å². The number of amides is 1. The Kier molecular flexibility index (Phi) is 5.05. The van der Waals surface area contributed by atoms with Crippen LogP contribution in [0.2, 0.25) is 0 Å². The number of primary amides is 1. The second-order valence-electron chi connectivity index (χ2n) is 4.54. The number of ether oxygens (including phenoxy) is 1. The molecule has 0 aromatic carbocycles. The van der Waals surface area contributed by atoms with Crippen molar-refractivity contribution in [2.24, 2.45) is 11.7 Å². The van der Waals surface area contributed by atoms with Gasteiger partial charge in [-0.15, -0.1) is 0 Å². The molecule has 1 aliphatic rings. The molecule has 1 amide bonds. The summed E-state index contributed by atoms with van der Waals surface area (Å²) >= 11 is 0. The van der Waals surface area contributed by atoms with Crippen LogP contribution >= 0.6 is 0 Å². The molecule has 0 aromatic heterocycles. The first kappa shape index (κ1) is 12.5. The fourth-order valence-corrected chi connectivity index (χ4v) is 1.88. The molecule has 0 radical (unpaired) electrons. The largest absolute Gasteiger partial charge is 0.378 e. The summed E-state index contributed by atoms with van der Waals surface area (Å²) in [5.74, 6) is 0.320. The van der Waals surface area contributed by atoms with Crippen LogP contribution in [0.3, 0.4) is 0 Å². The van der Waals surface area contributed by atoms with Gasteiger partial charge in [0.1, 0.15) is 0 Å². The molecular formula is C11H22N2O2. The summed E-state index contributed by atoms with van der Waals surface area (Å²) in [7, 11) is 0. The quantitative estimate of drug-likeness (QED) is 0.706. The molecule has 0 aliphatic carbocycles. The van der Waals surface area contributed by atoms with E-state index in [0.717, 1.165) is 19.4 Å². The summed E-state index contributed by atoms with van der Waals surface area (Å²) in [6, 6.07) is 0.477. The van der Waals surface area contributed by atoms with Crippen molar-refractivity contribution in [3.63, 3.8) is 0 Å². The first-order valence-electron chi connectivity index (χ1n) is 5.73. The maximum atomic E-state index is 10.6. The van der Waals surface area contributed by atoms with Gasteiger partial charge < -0.3 is 15.8 Å². The third-order valence-electron chi connectivity index (χ3n) is 2.86. The van der Waals surface area contributed by atoms with Gasteiger partial charge in [-0.3, -0.25) is 4.79 Å². The third kappa shape index (κ3) is 4.62. The van der Waals surface area contributed by atoms with Gasteiger partial charge in [-0.05, 0) is 18.8 Å². The highest BCUT2D eigenvalue weighted by Crippen LogP contribution is 2.19. The second-order valence-corrected chi connectivity index (χ2v) is 4.54. The van der Waals surface area contributed by atoms with Gasteiger partial charge in [0.15, 0.2) is 0 Å². The molecule has 3 N–H and O–H groups in total. The van der Waals surface area contributed by atoms with Crippen molar-refractivity contribution in [3.05, 3.63) is 0 Å². The van der Waals surface area contributed by atoms with E-state index in [4.69, 9.17) is 10.5 Å². The lowest BCUT2D eigenvalue weighted by Crippen LogP contribution is -2.41. The molecule has 0 aromatic rings. The first-order chi connectivity index (χ1) is 7.09. The van der Waals surface area contributed by atoms with Crippen LogP contribution in [0.25, 0.3) is 0 Å². The van der Waals surface area contributed by atoms with Crippen molar-refractivity contribution in [2.45, 2.75) is 45.3 Å². The van der Waals surface area contributed by atoms with Crippen molar-refractivity contribution in [1.29, 1.82) is 0 Å². The number of nitrogens with one attached hydrogen (secondary N) is 1. The molecule has 15 heavy (non-hydrogen) atoms. The van der Waals surface area contributed by atoms with Crippen LogP contribution in [0.4, 0.5) is 0 Å². The fraction of sp³-hybridized carbons (Fsp3) is 0.909. The van der Waals surface area contributed by atoms with Gasteiger partial charge >= 0.3 is 0 Å². The lowest BCUT2D eigenvalue weighted by atomic mass is 9.95. The Hall–Kier alpha value is -0.610.